The number of ether oxygens (including phenoxy) is 2. The molecule has 1 rings (SSSR count). The fourth-order valence-corrected chi connectivity index (χ4v) is 2.40. The molecule has 128 valence electrons. The van der Waals surface area contributed by atoms with Crippen molar-refractivity contribution in [3.63, 3.8) is 0 Å². The van der Waals surface area contributed by atoms with Gasteiger partial charge in [-0.3, -0.25) is 4.79 Å². The van der Waals surface area contributed by atoms with Gasteiger partial charge in [-0.1, -0.05) is 0 Å². The van der Waals surface area contributed by atoms with Gasteiger partial charge in [0.05, 0.1) is 7.11 Å². The van der Waals surface area contributed by atoms with Crippen molar-refractivity contribution in [3.8, 4) is 11.5 Å². The van der Waals surface area contributed by atoms with Gasteiger partial charge in [0.2, 0.25) is 0 Å². The summed E-state index contributed by atoms with van der Waals surface area (Å²) in [4.78, 5) is 26.3. The Balaban J connectivity index is 2.86. The molecule has 1 aromatic rings. The maximum atomic E-state index is 12.4. The fraction of sp³-hybridized carbons (Fsp3) is 0.529. The van der Waals surface area contributed by atoms with Crippen LogP contribution in [0.25, 0.3) is 0 Å². The quantitative estimate of drug-likeness (QED) is 0.814. The zero-order chi connectivity index (χ0) is 17.7. The number of methoxy groups -OCH3 is 1. The molecule has 0 heterocycles. The number of nitrogens with zero attached hydrogens (tertiary/aromatic N) is 1. The van der Waals surface area contributed by atoms with E-state index in [1.807, 2.05) is 27.7 Å². The molecule has 0 spiro atoms. The third-order valence-corrected chi connectivity index (χ3v) is 3.42. The number of phenolic OH excluding ortho intramolecular Hbond substituents is 1. The van der Waals surface area contributed by atoms with E-state index in [-0.39, 0.29) is 29.3 Å². The van der Waals surface area contributed by atoms with Gasteiger partial charge in [0.15, 0.2) is 6.10 Å². The smallest absolute Gasteiger partial charge is 0.342 e. The number of phenols is 1. The first-order valence-corrected chi connectivity index (χ1v) is 7.59. The van der Waals surface area contributed by atoms with E-state index in [2.05, 4.69) is 0 Å². The Labute approximate surface area is 137 Å². The zero-order valence-electron chi connectivity index (χ0n) is 14.5. The lowest BCUT2D eigenvalue weighted by Gasteiger charge is -2.32. The van der Waals surface area contributed by atoms with E-state index in [1.54, 1.807) is 4.90 Å². The van der Waals surface area contributed by atoms with E-state index >= 15 is 0 Å². The number of rotatable bonds is 6. The van der Waals surface area contributed by atoms with Crippen molar-refractivity contribution in [3.05, 3.63) is 23.8 Å². The van der Waals surface area contributed by atoms with E-state index in [4.69, 9.17) is 9.47 Å². The molecule has 6 heteroatoms. The van der Waals surface area contributed by atoms with E-state index < -0.39 is 12.1 Å². The van der Waals surface area contributed by atoms with E-state index in [0.717, 1.165) is 0 Å². The average Bonchev–Trinajstić information content (AvgIpc) is 2.45. The second kappa shape index (κ2) is 7.85. The van der Waals surface area contributed by atoms with Crippen molar-refractivity contribution < 1.29 is 24.2 Å². The first-order valence-electron chi connectivity index (χ1n) is 7.59. The van der Waals surface area contributed by atoms with Crippen molar-refractivity contribution >= 4 is 11.9 Å². The Hall–Kier alpha value is -2.24. The van der Waals surface area contributed by atoms with Crippen LogP contribution in [0, 0.1) is 0 Å². The van der Waals surface area contributed by atoms with Crippen LogP contribution in [0.4, 0.5) is 0 Å². The van der Waals surface area contributed by atoms with E-state index in [0.29, 0.717) is 5.75 Å². The van der Waals surface area contributed by atoms with Crippen molar-refractivity contribution in [1.82, 2.24) is 4.90 Å². The highest BCUT2D eigenvalue weighted by Crippen LogP contribution is 2.24. The third-order valence-electron chi connectivity index (χ3n) is 3.42. The van der Waals surface area contributed by atoms with E-state index in [9.17, 15) is 14.7 Å². The minimum absolute atomic E-state index is 0.00181. The predicted molar refractivity (Wildman–Crippen MR) is 86.7 cm³/mol. The minimum atomic E-state index is -0.936. The van der Waals surface area contributed by atoms with Crippen molar-refractivity contribution in [2.24, 2.45) is 0 Å². The van der Waals surface area contributed by atoms with Gasteiger partial charge in [0.1, 0.15) is 17.1 Å². The monoisotopic (exact) mass is 323 g/mol. The van der Waals surface area contributed by atoms with Crippen LogP contribution < -0.4 is 4.74 Å². The molecule has 23 heavy (non-hydrogen) atoms. The van der Waals surface area contributed by atoms with Crippen LogP contribution in [0.5, 0.6) is 11.5 Å². The number of aromatic hydroxyl groups is 1. The van der Waals surface area contributed by atoms with Crippen LogP contribution in [-0.4, -0.2) is 47.2 Å². The molecule has 1 N–H and O–H groups in total. The number of esters is 1. The van der Waals surface area contributed by atoms with Crippen LogP contribution in [0.2, 0.25) is 0 Å². The lowest BCUT2D eigenvalue weighted by molar-refractivity contribution is -0.143. The summed E-state index contributed by atoms with van der Waals surface area (Å²) in [5.41, 5.74) is -0.00825. The van der Waals surface area contributed by atoms with Crippen LogP contribution in [0.15, 0.2) is 18.2 Å². The maximum Gasteiger partial charge on any atom is 0.342 e. The Morgan fingerprint density at radius 3 is 2.09 bits per heavy atom. The van der Waals surface area contributed by atoms with Crippen molar-refractivity contribution in [1.29, 1.82) is 0 Å². The first kappa shape index (κ1) is 18.8. The molecule has 0 aromatic heterocycles. The Morgan fingerprint density at radius 2 is 1.65 bits per heavy atom. The van der Waals surface area contributed by atoms with Crippen LogP contribution in [-0.2, 0) is 9.53 Å². The lowest BCUT2D eigenvalue weighted by atomic mass is 10.2. The number of hydrogen-bond donors (Lipinski definition) is 1. The van der Waals surface area contributed by atoms with Crippen LogP contribution in [0.1, 0.15) is 45.0 Å². The molecule has 1 amide bonds. The van der Waals surface area contributed by atoms with Gasteiger partial charge >= 0.3 is 5.97 Å². The molecule has 0 aliphatic rings. The summed E-state index contributed by atoms with van der Waals surface area (Å²) in [7, 11) is 1.46. The Morgan fingerprint density at radius 1 is 1.09 bits per heavy atom. The molecule has 0 saturated carbocycles. The number of amides is 1. The number of carbonyl (C=O) groups excluding carboxylic acids is 2. The minimum Gasteiger partial charge on any atom is -0.507 e. The SMILES string of the molecule is COc1ccc(C(=O)O[C@H](C)C(=O)N(C(C)C)C(C)C)c(O)c1. The third kappa shape index (κ3) is 4.61. The number of benzene rings is 1. The second-order valence-electron chi connectivity index (χ2n) is 5.86. The van der Waals surface area contributed by atoms with E-state index in [1.165, 1.54) is 32.2 Å². The number of carbonyl (C=O) groups is 2. The van der Waals surface area contributed by atoms with Crippen LogP contribution >= 0.6 is 0 Å². The number of hydrogen-bond acceptors (Lipinski definition) is 5. The molecule has 1 atom stereocenters. The highest BCUT2D eigenvalue weighted by atomic mass is 16.5. The molecule has 0 fully saturated rings. The van der Waals surface area contributed by atoms with Gasteiger partial charge in [0.25, 0.3) is 5.91 Å². The molecule has 0 bridgehead atoms. The predicted octanol–water partition coefficient (Wildman–Crippen LogP) is 2.59. The van der Waals surface area contributed by atoms with Gasteiger partial charge < -0.3 is 19.5 Å². The van der Waals surface area contributed by atoms with Gasteiger partial charge in [-0.15, -0.1) is 0 Å². The summed E-state index contributed by atoms with van der Waals surface area (Å²) in [6.07, 6.45) is -0.936. The zero-order valence-corrected chi connectivity index (χ0v) is 14.5. The van der Waals surface area contributed by atoms with Gasteiger partial charge in [-0.05, 0) is 46.8 Å². The molecule has 0 radical (unpaired) electrons. The lowest BCUT2D eigenvalue weighted by Crippen LogP contribution is -2.47. The summed E-state index contributed by atoms with van der Waals surface area (Å²) in [5, 5.41) is 9.85. The fourth-order valence-electron chi connectivity index (χ4n) is 2.40. The van der Waals surface area contributed by atoms with Gasteiger partial charge in [-0.2, -0.15) is 0 Å². The molecule has 1 aromatic carbocycles. The van der Waals surface area contributed by atoms with Gasteiger partial charge in [-0.25, -0.2) is 4.79 Å². The molecular formula is C17H25NO5. The highest BCUT2D eigenvalue weighted by Gasteiger charge is 2.28. The average molecular weight is 323 g/mol. The summed E-state index contributed by atoms with van der Waals surface area (Å²) in [5.74, 6) is -0.845. The normalized spacial score (nSPS) is 12.2. The van der Waals surface area contributed by atoms with Crippen molar-refractivity contribution in [2.75, 3.05) is 7.11 Å². The molecule has 0 saturated heterocycles. The Bertz CT molecular complexity index is 560. The summed E-state index contributed by atoms with van der Waals surface area (Å²) < 4.78 is 10.2. The Kier molecular flexibility index (Phi) is 6.42. The first-order chi connectivity index (χ1) is 10.7. The van der Waals surface area contributed by atoms with Crippen LogP contribution in [0.3, 0.4) is 0 Å². The summed E-state index contributed by atoms with van der Waals surface area (Å²) in [6.45, 7) is 9.14. The molecular weight excluding hydrogens is 298 g/mol. The highest BCUT2D eigenvalue weighted by molar-refractivity contribution is 5.94. The molecule has 6 nitrogen and oxygen atoms in total. The topological polar surface area (TPSA) is 76.1 Å². The largest absolute Gasteiger partial charge is 0.507 e. The standard InChI is InChI=1S/C17H25NO5/c1-10(2)18(11(3)4)16(20)12(5)23-17(21)14-8-7-13(22-6)9-15(14)19/h7-12,19H,1-6H3/t12-/m1/s1. The summed E-state index contributed by atoms with van der Waals surface area (Å²) >= 11 is 0. The molecule has 0 aliphatic carbocycles. The summed E-state index contributed by atoms with van der Waals surface area (Å²) in [6, 6.07) is 4.25. The maximum absolute atomic E-state index is 12.4. The van der Waals surface area contributed by atoms with Crippen molar-refractivity contribution in [2.45, 2.75) is 52.8 Å². The molecule has 0 unspecified atom stereocenters. The molecule has 0 aliphatic heterocycles. The second-order valence-corrected chi connectivity index (χ2v) is 5.86. The van der Waals surface area contributed by atoms with Gasteiger partial charge in [0, 0.05) is 18.2 Å².